The van der Waals surface area contributed by atoms with Crippen molar-refractivity contribution in [2.75, 3.05) is 19.6 Å². The number of carbonyl (C=O) groups is 1. The molecule has 8 heteroatoms. The maximum atomic E-state index is 13.0. The van der Waals surface area contributed by atoms with E-state index >= 15 is 0 Å². The lowest BCUT2D eigenvalue weighted by Gasteiger charge is -2.36. The van der Waals surface area contributed by atoms with Gasteiger partial charge < -0.3 is 14.7 Å². The second kappa shape index (κ2) is 8.91. The Balaban J connectivity index is 1.33. The Bertz CT molecular complexity index is 945. The number of nitrogens with one attached hydrogen (secondary N) is 1. The highest BCUT2D eigenvalue weighted by atomic mass is 19.1. The van der Waals surface area contributed by atoms with Gasteiger partial charge in [-0.2, -0.15) is 4.98 Å². The van der Waals surface area contributed by atoms with Gasteiger partial charge in [0.1, 0.15) is 5.82 Å². The number of amides is 1. The number of pyridine rings is 1. The van der Waals surface area contributed by atoms with Gasteiger partial charge in [0.15, 0.2) is 0 Å². The van der Waals surface area contributed by atoms with Crippen LogP contribution >= 0.6 is 0 Å². The third-order valence-electron chi connectivity index (χ3n) is 4.98. The van der Waals surface area contributed by atoms with E-state index in [4.69, 9.17) is 4.52 Å². The molecule has 3 heterocycles. The van der Waals surface area contributed by atoms with Crippen LogP contribution in [0, 0.1) is 5.82 Å². The molecule has 1 aliphatic heterocycles. The largest absolute Gasteiger partial charge is 0.339 e. The van der Waals surface area contributed by atoms with Gasteiger partial charge in [-0.3, -0.25) is 9.78 Å². The van der Waals surface area contributed by atoms with Crippen molar-refractivity contribution in [2.45, 2.75) is 25.3 Å². The highest BCUT2D eigenvalue weighted by molar-refractivity contribution is 5.77. The van der Waals surface area contributed by atoms with Crippen LogP contribution in [-0.2, 0) is 11.2 Å². The summed E-state index contributed by atoms with van der Waals surface area (Å²) >= 11 is 0. The first-order valence-corrected chi connectivity index (χ1v) is 9.69. The molecule has 0 bridgehead atoms. The van der Waals surface area contributed by atoms with Gasteiger partial charge >= 0.3 is 0 Å². The Hall–Kier alpha value is -3.13. The molecule has 0 aliphatic carbocycles. The van der Waals surface area contributed by atoms with Gasteiger partial charge in [-0.15, -0.1) is 0 Å². The number of aryl methyl sites for hydroxylation is 1. The smallest absolute Gasteiger partial charge is 0.226 e. The molecule has 1 atom stereocenters. The molecule has 0 radical (unpaired) electrons. The maximum Gasteiger partial charge on any atom is 0.226 e. The Morgan fingerprint density at radius 3 is 2.93 bits per heavy atom. The molecule has 2 aromatic heterocycles. The quantitative estimate of drug-likeness (QED) is 0.691. The molecule has 150 valence electrons. The third kappa shape index (κ3) is 4.65. The van der Waals surface area contributed by atoms with Gasteiger partial charge in [-0.1, -0.05) is 11.2 Å². The van der Waals surface area contributed by atoms with E-state index in [0.717, 1.165) is 18.7 Å². The SMILES string of the molecule is O=C(CCCc1nc(-c2ccc(F)cc2)no1)N1CCNCC1c1cccnc1. The van der Waals surface area contributed by atoms with E-state index < -0.39 is 0 Å². The van der Waals surface area contributed by atoms with Gasteiger partial charge in [0.25, 0.3) is 0 Å². The van der Waals surface area contributed by atoms with Crippen LogP contribution in [0.1, 0.15) is 30.3 Å². The highest BCUT2D eigenvalue weighted by Gasteiger charge is 2.27. The summed E-state index contributed by atoms with van der Waals surface area (Å²) in [5, 5.41) is 7.28. The molecule has 1 N–H and O–H groups in total. The molecule has 0 spiro atoms. The molecule has 1 saturated heterocycles. The van der Waals surface area contributed by atoms with Gasteiger partial charge in [-0.25, -0.2) is 4.39 Å². The maximum absolute atomic E-state index is 13.0. The molecule has 29 heavy (non-hydrogen) atoms. The van der Waals surface area contributed by atoms with E-state index in [1.165, 1.54) is 12.1 Å². The van der Waals surface area contributed by atoms with Crippen LogP contribution in [0.3, 0.4) is 0 Å². The van der Waals surface area contributed by atoms with Crippen LogP contribution in [-0.4, -0.2) is 45.6 Å². The van der Waals surface area contributed by atoms with E-state index in [9.17, 15) is 9.18 Å². The second-order valence-corrected chi connectivity index (χ2v) is 6.97. The fraction of sp³-hybridized carbons (Fsp3) is 0.333. The Morgan fingerprint density at radius 1 is 1.28 bits per heavy atom. The minimum Gasteiger partial charge on any atom is -0.339 e. The van der Waals surface area contributed by atoms with Crippen molar-refractivity contribution < 1.29 is 13.7 Å². The molecule has 4 rings (SSSR count). The first-order valence-electron chi connectivity index (χ1n) is 9.69. The Kier molecular flexibility index (Phi) is 5.90. The van der Waals surface area contributed by atoms with Crippen molar-refractivity contribution in [3.05, 3.63) is 66.1 Å². The predicted octanol–water partition coefficient (Wildman–Crippen LogP) is 2.77. The lowest BCUT2D eigenvalue weighted by atomic mass is 10.0. The third-order valence-corrected chi connectivity index (χ3v) is 4.98. The van der Waals surface area contributed by atoms with Crippen LogP contribution < -0.4 is 5.32 Å². The van der Waals surface area contributed by atoms with Gasteiger partial charge in [0.2, 0.25) is 17.6 Å². The van der Waals surface area contributed by atoms with Gasteiger partial charge in [0, 0.05) is 50.4 Å². The molecule has 1 fully saturated rings. The van der Waals surface area contributed by atoms with Gasteiger partial charge in [0.05, 0.1) is 6.04 Å². The molecule has 7 nitrogen and oxygen atoms in total. The molecule has 1 aromatic carbocycles. The van der Waals surface area contributed by atoms with Crippen LogP contribution in [0.4, 0.5) is 4.39 Å². The number of piperazine rings is 1. The summed E-state index contributed by atoms with van der Waals surface area (Å²) in [7, 11) is 0. The normalized spacial score (nSPS) is 16.7. The number of benzene rings is 1. The van der Waals surface area contributed by atoms with Gasteiger partial charge in [-0.05, 0) is 42.3 Å². The topological polar surface area (TPSA) is 84.2 Å². The van der Waals surface area contributed by atoms with Crippen LogP contribution in [0.2, 0.25) is 0 Å². The first kappa shape index (κ1) is 19.2. The van der Waals surface area contributed by atoms with Crippen LogP contribution in [0.5, 0.6) is 0 Å². The zero-order chi connectivity index (χ0) is 20.1. The lowest BCUT2D eigenvalue weighted by molar-refractivity contribution is -0.134. The summed E-state index contributed by atoms with van der Waals surface area (Å²) in [6.45, 7) is 2.18. The van der Waals surface area contributed by atoms with Crippen molar-refractivity contribution in [1.29, 1.82) is 0 Å². The van der Waals surface area contributed by atoms with E-state index in [0.29, 0.717) is 43.1 Å². The molecular formula is C21H22FN5O2. The summed E-state index contributed by atoms with van der Waals surface area (Å²) in [6, 6.07) is 9.82. The highest BCUT2D eigenvalue weighted by Crippen LogP contribution is 2.23. The standard InChI is InChI=1S/C21H22FN5O2/c22-17-8-6-15(7-9-17)21-25-19(29-26-21)4-1-5-20(28)27-12-11-24-14-18(27)16-3-2-10-23-13-16/h2-3,6-10,13,18,24H,1,4-5,11-12,14H2. The first-order chi connectivity index (χ1) is 14.2. The number of aromatic nitrogens is 3. The predicted molar refractivity (Wildman–Crippen MR) is 104 cm³/mol. The number of hydrogen-bond donors (Lipinski definition) is 1. The van der Waals surface area contributed by atoms with E-state index in [1.54, 1.807) is 18.3 Å². The minimum absolute atomic E-state index is 0.00145. The summed E-state index contributed by atoms with van der Waals surface area (Å²) in [5.41, 5.74) is 1.73. The zero-order valence-corrected chi connectivity index (χ0v) is 15.9. The average molecular weight is 395 g/mol. The number of nitrogens with zero attached hydrogens (tertiary/aromatic N) is 4. The van der Waals surface area contributed by atoms with Crippen LogP contribution in [0.25, 0.3) is 11.4 Å². The molecule has 3 aromatic rings. The molecule has 1 unspecified atom stereocenters. The summed E-state index contributed by atoms with van der Waals surface area (Å²) < 4.78 is 18.3. The van der Waals surface area contributed by atoms with E-state index in [1.807, 2.05) is 23.2 Å². The zero-order valence-electron chi connectivity index (χ0n) is 15.9. The molecular weight excluding hydrogens is 373 g/mol. The lowest BCUT2D eigenvalue weighted by Crippen LogP contribution is -2.48. The van der Waals surface area contributed by atoms with Crippen molar-refractivity contribution in [3.63, 3.8) is 0 Å². The molecule has 1 amide bonds. The molecule has 0 saturated carbocycles. The monoisotopic (exact) mass is 395 g/mol. The summed E-state index contributed by atoms with van der Waals surface area (Å²) in [5.74, 6) is 0.693. The van der Waals surface area contributed by atoms with E-state index in [-0.39, 0.29) is 17.8 Å². The number of carbonyl (C=O) groups excluding carboxylic acids is 1. The van der Waals surface area contributed by atoms with Crippen molar-refractivity contribution in [1.82, 2.24) is 25.3 Å². The Labute approximate surface area is 168 Å². The van der Waals surface area contributed by atoms with Crippen molar-refractivity contribution >= 4 is 5.91 Å². The van der Waals surface area contributed by atoms with E-state index in [2.05, 4.69) is 20.4 Å². The van der Waals surface area contributed by atoms with Crippen molar-refractivity contribution in [2.24, 2.45) is 0 Å². The van der Waals surface area contributed by atoms with Crippen LogP contribution in [0.15, 0.2) is 53.3 Å². The fourth-order valence-corrected chi connectivity index (χ4v) is 3.48. The number of hydrogen-bond acceptors (Lipinski definition) is 6. The second-order valence-electron chi connectivity index (χ2n) is 6.97. The Morgan fingerprint density at radius 2 is 2.14 bits per heavy atom. The molecule has 1 aliphatic rings. The average Bonchev–Trinajstić information content (AvgIpc) is 3.24. The van der Waals surface area contributed by atoms with Crippen molar-refractivity contribution in [3.8, 4) is 11.4 Å². The summed E-state index contributed by atoms with van der Waals surface area (Å²) in [6.07, 6.45) is 5.09. The number of rotatable bonds is 6. The minimum atomic E-state index is -0.312. The number of halogens is 1. The fourth-order valence-electron chi connectivity index (χ4n) is 3.48. The summed E-state index contributed by atoms with van der Waals surface area (Å²) in [4.78, 5) is 23.2.